The Balaban J connectivity index is 1.78. The first-order chi connectivity index (χ1) is 16.1. The topological polar surface area (TPSA) is 88.6 Å². The maximum atomic E-state index is 12.4. The van der Waals surface area contributed by atoms with Crippen molar-refractivity contribution in [2.45, 2.75) is 26.3 Å². The van der Waals surface area contributed by atoms with Crippen molar-refractivity contribution >= 4 is 39.9 Å². The molecule has 0 fully saturated rings. The van der Waals surface area contributed by atoms with Gasteiger partial charge in [0.15, 0.2) is 11.5 Å². The van der Waals surface area contributed by atoms with E-state index in [9.17, 15) is 4.79 Å². The molecule has 8 nitrogen and oxygen atoms in total. The van der Waals surface area contributed by atoms with Gasteiger partial charge in [0, 0.05) is 35.3 Å². The van der Waals surface area contributed by atoms with Gasteiger partial charge in [-0.25, -0.2) is 9.97 Å². The van der Waals surface area contributed by atoms with Gasteiger partial charge in [0.2, 0.25) is 5.91 Å². The minimum absolute atomic E-state index is 0.0105. The summed E-state index contributed by atoms with van der Waals surface area (Å²) in [7, 11) is 1.61. The molecule has 1 amide bonds. The molecule has 0 spiro atoms. The van der Waals surface area contributed by atoms with Crippen LogP contribution < -0.4 is 20.1 Å². The summed E-state index contributed by atoms with van der Waals surface area (Å²) < 4.78 is 11.5. The quantitative estimate of drug-likeness (QED) is 0.582. The Hall–Kier alpha value is -3.10. The van der Waals surface area contributed by atoms with Crippen molar-refractivity contribution in [3.05, 3.63) is 47.2 Å². The number of hydrogen-bond acceptors (Lipinski definition) is 7. The maximum Gasteiger partial charge on any atom is 0.234 e. The average molecular weight is 470 g/mol. The molecule has 0 saturated heterocycles. The van der Waals surface area contributed by atoms with E-state index in [4.69, 9.17) is 21.1 Å². The maximum absolute atomic E-state index is 12.4. The van der Waals surface area contributed by atoms with E-state index in [1.165, 1.54) is 6.33 Å². The lowest BCUT2D eigenvalue weighted by atomic mass is 10.1. The van der Waals surface area contributed by atoms with Crippen molar-refractivity contribution in [2.75, 3.05) is 38.7 Å². The van der Waals surface area contributed by atoms with Crippen molar-refractivity contribution in [1.29, 1.82) is 0 Å². The zero-order valence-corrected chi connectivity index (χ0v) is 19.6. The largest absolute Gasteiger partial charge is 0.493 e. The number of anilines is 2. The van der Waals surface area contributed by atoms with Crippen molar-refractivity contribution in [3.63, 3.8) is 0 Å². The second-order valence-corrected chi connectivity index (χ2v) is 8.31. The van der Waals surface area contributed by atoms with Crippen molar-refractivity contribution < 1.29 is 14.3 Å². The Morgan fingerprint density at radius 2 is 2.06 bits per heavy atom. The van der Waals surface area contributed by atoms with E-state index >= 15 is 0 Å². The molecule has 1 aromatic heterocycles. The second kappa shape index (κ2) is 10.7. The Morgan fingerprint density at radius 3 is 2.88 bits per heavy atom. The van der Waals surface area contributed by atoms with Crippen molar-refractivity contribution in [3.8, 4) is 11.5 Å². The Kier molecular flexibility index (Phi) is 7.47. The van der Waals surface area contributed by atoms with Crippen molar-refractivity contribution in [1.82, 2.24) is 20.2 Å². The zero-order chi connectivity index (χ0) is 23.2. The number of carbonyl (C=O) groups is 1. The highest BCUT2D eigenvalue weighted by Crippen LogP contribution is 2.35. The molecule has 1 aliphatic heterocycles. The molecule has 3 aromatic rings. The molecule has 0 atom stereocenters. The summed E-state index contributed by atoms with van der Waals surface area (Å²) in [5, 5.41) is 7.85. The highest BCUT2D eigenvalue weighted by Gasteiger charge is 2.16. The SMILES string of the molecule is CCN1CC(=O)NCCCCOc2cc3c(ncnc3cc2OC)Nc2cc(Cl)ccc2C1. The smallest absolute Gasteiger partial charge is 0.234 e. The first-order valence-corrected chi connectivity index (χ1v) is 11.4. The summed E-state index contributed by atoms with van der Waals surface area (Å²) in [6, 6.07) is 9.45. The standard InChI is InChI=1S/C24H28ClN5O3/c1-3-30-13-16-6-7-17(25)10-19(16)29-24-18-11-22(21(32-2)12-20(18)27-15-28-24)33-9-5-4-8-26-23(31)14-30/h6-7,10-12,15H,3-5,8-9,13-14H2,1-2H3,(H,26,31)(H,27,28,29). The van der Waals surface area contributed by atoms with Crippen LogP contribution in [0.3, 0.4) is 0 Å². The summed E-state index contributed by atoms with van der Waals surface area (Å²) in [6.45, 7) is 4.82. The van der Waals surface area contributed by atoms with Gasteiger partial charge < -0.3 is 20.1 Å². The van der Waals surface area contributed by atoms with Crippen LogP contribution in [0.2, 0.25) is 5.02 Å². The third-order valence-corrected chi connectivity index (χ3v) is 5.84. The highest BCUT2D eigenvalue weighted by molar-refractivity contribution is 6.30. The fraction of sp³-hybridized carbons (Fsp3) is 0.375. The van der Waals surface area contributed by atoms with Gasteiger partial charge in [-0.15, -0.1) is 0 Å². The van der Waals surface area contributed by atoms with Crippen molar-refractivity contribution in [2.24, 2.45) is 0 Å². The fourth-order valence-electron chi connectivity index (χ4n) is 3.78. The molecular formula is C24H28ClN5O3. The third-order valence-electron chi connectivity index (χ3n) is 5.60. The Labute approximate surface area is 198 Å². The number of likely N-dealkylation sites (N-methyl/N-ethyl adjacent to an activating group) is 1. The van der Waals surface area contributed by atoms with Gasteiger partial charge in [-0.3, -0.25) is 9.69 Å². The van der Waals surface area contributed by atoms with Crippen LogP contribution in [-0.4, -0.2) is 54.1 Å². The van der Waals surface area contributed by atoms with Crippen LogP contribution in [0.5, 0.6) is 11.5 Å². The summed E-state index contributed by atoms with van der Waals surface area (Å²) in [6.07, 6.45) is 3.14. The summed E-state index contributed by atoms with van der Waals surface area (Å²) in [5.41, 5.74) is 2.57. The van der Waals surface area contributed by atoms with Crippen LogP contribution in [0.4, 0.5) is 11.5 Å². The Bertz CT molecular complexity index is 1140. The first-order valence-electron chi connectivity index (χ1n) is 11.1. The minimum atomic E-state index is 0.0105. The molecule has 0 radical (unpaired) electrons. The van der Waals surface area contributed by atoms with E-state index in [1.54, 1.807) is 7.11 Å². The van der Waals surface area contributed by atoms with Gasteiger partial charge in [-0.1, -0.05) is 24.6 Å². The van der Waals surface area contributed by atoms with Gasteiger partial charge in [0.05, 0.1) is 25.8 Å². The van der Waals surface area contributed by atoms with Crippen LogP contribution in [0.25, 0.3) is 10.9 Å². The molecule has 2 aromatic carbocycles. The number of aromatic nitrogens is 2. The normalized spacial score (nSPS) is 15.8. The molecule has 9 heteroatoms. The van der Waals surface area contributed by atoms with Crippen LogP contribution >= 0.6 is 11.6 Å². The summed E-state index contributed by atoms with van der Waals surface area (Å²) in [5.74, 6) is 1.89. The molecular weight excluding hydrogens is 442 g/mol. The molecule has 0 unspecified atom stereocenters. The van der Waals surface area contributed by atoms with Crippen LogP contribution in [-0.2, 0) is 11.3 Å². The lowest BCUT2D eigenvalue weighted by molar-refractivity contribution is -0.122. The number of benzene rings is 2. The summed E-state index contributed by atoms with van der Waals surface area (Å²) in [4.78, 5) is 23.4. The van der Waals surface area contributed by atoms with Gasteiger partial charge >= 0.3 is 0 Å². The lowest BCUT2D eigenvalue weighted by Gasteiger charge is -2.22. The molecule has 2 N–H and O–H groups in total. The molecule has 33 heavy (non-hydrogen) atoms. The average Bonchev–Trinajstić information content (AvgIpc) is 2.81. The molecule has 0 saturated carbocycles. The van der Waals surface area contributed by atoms with Gasteiger partial charge in [-0.05, 0) is 43.1 Å². The van der Waals surface area contributed by atoms with Crippen LogP contribution in [0.1, 0.15) is 25.3 Å². The highest BCUT2D eigenvalue weighted by atomic mass is 35.5. The second-order valence-electron chi connectivity index (χ2n) is 7.88. The number of methoxy groups -OCH3 is 1. The number of hydrogen-bond donors (Lipinski definition) is 2. The predicted molar refractivity (Wildman–Crippen MR) is 130 cm³/mol. The monoisotopic (exact) mass is 469 g/mol. The molecule has 2 heterocycles. The summed E-state index contributed by atoms with van der Waals surface area (Å²) >= 11 is 6.32. The number of amides is 1. The predicted octanol–water partition coefficient (Wildman–Crippen LogP) is 4.15. The van der Waals surface area contributed by atoms with E-state index in [0.29, 0.717) is 48.6 Å². The van der Waals surface area contributed by atoms with Gasteiger partial charge in [0.25, 0.3) is 0 Å². The molecule has 174 valence electrons. The Morgan fingerprint density at radius 1 is 1.18 bits per heavy atom. The van der Waals surface area contributed by atoms with E-state index in [-0.39, 0.29) is 5.91 Å². The van der Waals surface area contributed by atoms with E-state index < -0.39 is 0 Å². The number of nitrogens with zero attached hydrogens (tertiary/aromatic N) is 3. The van der Waals surface area contributed by atoms with Gasteiger partial charge in [-0.2, -0.15) is 0 Å². The van der Waals surface area contributed by atoms with Crippen LogP contribution in [0.15, 0.2) is 36.7 Å². The van der Waals surface area contributed by atoms with Crippen LogP contribution in [0, 0.1) is 0 Å². The van der Waals surface area contributed by atoms with E-state index in [2.05, 4.69) is 25.5 Å². The number of nitrogens with one attached hydrogen (secondary N) is 2. The molecule has 4 rings (SSSR count). The minimum Gasteiger partial charge on any atom is -0.493 e. The zero-order valence-electron chi connectivity index (χ0n) is 18.9. The number of ether oxygens (including phenoxy) is 2. The first kappa shape index (κ1) is 23.1. The molecule has 0 aliphatic carbocycles. The third kappa shape index (κ3) is 5.64. The molecule has 2 bridgehead atoms. The van der Waals surface area contributed by atoms with E-state index in [1.807, 2.05) is 37.3 Å². The van der Waals surface area contributed by atoms with E-state index in [0.717, 1.165) is 41.5 Å². The number of rotatable bonds is 2. The van der Waals surface area contributed by atoms with Gasteiger partial charge in [0.1, 0.15) is 12.1 Å². The number of halogens is 1. The fourth-order valence-corrected chi connectivity index (χ4v) is 3.95. The number of carbonyl (C=O) groups excluding carboxylic acids is 1. The molecule has 1 aliphatic rings. The number of fused-ring (bicyclic) bond motifs is 2. The lowest BCUT2D eigenvalue weighted by Crippen LogP contribution is -2.37.